The van der Waals surface area contributed by atoms with Crippen molar-refractivity contribution in [3.63, 3.8) is 0 Å². The lowest BCUT2D eigenvalue weighted by molar-refractivity contribution is -0.146. The minimum atomic E-state index is -0.667. The molecule has 0 fully saturated rings. The second-order valence-corrected chi connectivity index (χ2v) is 4.33. The molecule has 20 heavy (non-hydrogen) atoms. The number of ether oxygens (including phenoxy) is 2. The molecule has 5 heteroatoms. The Morgan fingerprint density at radius 3 is 2.00 bits per heavy atom. The number of carbonyl (C=O) groups excluding carboxylic acids is 2. The maximum absolute atomic E-state index is 11.7. The van der Waals surface area contributed by atoms with Crippen LogP contribution in [0.3, 0.4) is 0 Å². The number of halogens is 1. The summed E-state index contributed by atoms with van der Waals surface area (Å²) in [6.07, 6.45) is 1.93. The Morgan fingerprint density at radius 2 is 1.55 bits per heavy atom. The minimum absolute atomic E-state index is 0.0800. The first-order valence-corrected chi connectivity index (χ1v) is 6.75. The number of carbonyl (C=O) groups is 2. The zero-order valence-electron chi connectivity index (χ0n) is 11.5. The molecule has 0 bridgehead atoms. The van der Waals surface area contributed by atoms with Crippen LogP contribution in [-0.4, -0.2) is 25.2 Å². The Balaban J connectivity index is 2.86. The molecule has 1 rings (SSSR count). The predicted molar refractivity (Wildman–Crippen MR) is 76.5 cm³/mol. The van der Waals surface area contributed by atoms with Crippen LogP contribution in [0.1, 0.15) is 19.4 Å². The molecule has 0 aliphatic heterocycles. The number of rotatable bonds is 6. The average Bonchev–Trinajstić information content (AvgIpc) is 2.42. The molecule has 1 aromatic carbocycles. The second-order valence-electron chi connectivity index (χ2n) is 3.89. The van der Waals surface area contributed by atoms with E-state index in [2.05, 4.69) is 0 Å². The Bertz CT molecular complexity index is 471. The molecular weight excluding hydrogens is 280 g/mol. The third kappa shape index (κ3) is 5.05. The number of esters is 2. The SMILES string of the molecule is CCOC(=O)C(=CCc1ccc(Cl)cc1)C(=O)OCC. The van der Waals surface area contributed by atoms with E-state index < -0.39 is 11.9 Å². The van der Waals surface area contributed by atoms with Gasteiger partial charge in [0.2, 0.25) is 0 Å². The summed E-state index contributed by atoms with van der Waals surface area (Å²) in [7, 11) is 0. The van der Waals surface area contributed by atoms with Crippen LogP contribution in [0.2, 0.25) is 5.02 Å². The predicted octanol–water partition coefficient (Wildman–Crippen LogP) is 2.94. The quantitative estimate of drug-likeness (QED) is 0.350. The van der Waals surface area contributed by atoms with Gasteiger partial charge in [-0.05, 0) is 38.0 Å². The van der Waals surface area contributed by atoms with Gasteiger partial charge in [0.05, 0.1) is 13.2 Å². The summed E-state index contributed by atoms with van der Waals surface area (Å²) in [5.74, 6) is -1.33. The number of hydrogen-bond donors (Lipinski definition) is 0. The zero-order valence-corrected chi connectivity index (χ0v) is 12.3. The van der Waals surface area contributed by atoms with Crippen molar-refractivity contribution in [2.75, 3.05) is 13.2 Å². The third-order valence-corrected chi connectivity index (χ3v) is 2.70. The fourth-order valence-electron chi connectivity index (χ4n) is 1.51. The van der Waals surface area contributed by atoms with E-state index in [1.807, 2.05) is 12.1 Å². The van der Waals surface area contributed by atoms with E-state index in [0.717, 1.165) is 5.56 Å². The molecular formula is C15H17ClO4. The molecule has 0 heterocycles. The van der Waals surface area contributed by atoms with Gasteiger partial charge in [0.15, 0.2) is 0 Å². The Kier molecular flexibility index (Phi) is 6.81. The van der Waals surface area contributed by atoms with Crippen molar-refractivity contribution in [2.45, 2.75) is 20.3 Å². The third-order valence-electron chi connectivity index (χ3n) is 2.45. The molecule has 1 aromatic rings. The van der Waals surface area contributed by atoms with Crippen LogP contribution in [0, 0.1) is 0 Å². The van der Waals surface area contributed by atoms with Crippen molar-refractivity contribution in [1.82, 2.24) is 0 Å². The fraction of sp³-hybridized carbons (Fsp3) is 0.333. The Morgan fingerprint density at radius 1 is 1.05 bits per heavy atom. The highest BCUT2D eigenvalue weighted by Crippen LogP contribution is 2.12. The van der Waals surface area contributed by atoms with Crippen LogP contribution in [0.25, 0.3) is 0 Å². The topological polar surface area (TPSA) is 52.6 Å². The molecule has 0 aromatic heterocycles. The van der Waals surface area contributed by atoms with Gasteiger partial charge in [0, 0.05) is 5.02 Å². The number of hydrogen-bond acceptors (Lipinski definition) is 4. The standard InChI is InChI=1S/C15H17ClO4/c1-3-19-14(17)13(15(18)20-4-2)10-7-11-5-8-12(16)9-6-11/h5-6,8-10H,3-4,7H2,1-2H3. The van der Waals surface area contributed by atoms with Crippen LogP contribution in [0.15, 0.2) is 35.9 Å². The van der Waals surface area contributed by atoms with Crippen LogP contribution >= 0.6 is 11.6 Å². The van der Waals surface area contributed by atoms with Gasteiger partial charge in [-0.25, -0.2) is 9.59 Å². The zero-order chi connectivity index (χ0) is 15.0. The van der Waals surface area contributed by atoms with Crippen LogP contribution < -0.4 is 0 Å². The van der Waals surface area contributed by atoms with Gasteiger partial charge in [-0.15, -0.1) is 0 Å². The number of benzene rings is 1. The van der Waals surface area contributed by atoms with Gasteiger partial charge in [0.1, 0.15) is 5.57 Å². The minimum Gasteiger partial charge on any atom is -0.462 e. The van der Waals surface area contributed by atoms with Crippen LogP contribution in [0.4, 0.5) is 0 Å². The highest BCUT2D eigenvalue weighted by atomic mass is 35.5. The van der Waals surface area contributed by atoms with E-state index in [1.54, 1.807) is 26.0 Å². The van der Waals surface area contributed by atoms with Crippen molar-refractivity contribution in [1.29, 1.82) is 0 Å². The lowest BCUT2D eigenvalue weighted by Crippen LogP contribution is -2.18. The first kappa shape index (κ1) is 16.2. The first-order chi connectivity index (χ1) is 9.58. The van der Waals surface area contributed by atoms with Gasteiger partial charge in [-0.2, -0.15) is 0 Å². The van der Waals surface area contributed by atoms with Crippen LogP contribution in [-0.2, 0) is 25.5 Å². The first-order valence-electron chi connectivity index (χ1n) is 6.37. The Hall–Kier alpha value is -1.81. The summed E-state index contributed by atoms with van der Waals surface area (Å²) in [4.78, 5) is 23.4. The lowest BCUT2D eigenvalue weighted by Gasteiger charge is -2.06. The summed E-state index contributed by atoms with van der Waals surface area (Å²) >= 11 is 5.79. The van der Waals surface area contributed by atoms with Gasteiger partial charge < -0.3 is 9.47 Å². The van der Waals surface area contributed by atoms with E-state index in [-0.39, 0.29) is 18.8 Å². The molecule has 4 nitrogen and oxygen atoms in total. The summed E-state index contributed by atoms with van der Waals surface area (Å²) in [6, 6.07) is 7.15. The van der Waals surface area contributed by atoms with Crippen molar-refractivity contribution in [3.05, 3.63) is 46.5 Å². The van der Waals surface area contributed by atoms with Crippen molar-refractivity contribution < 1.29 is 19.1 Å². The van der Waals surface area contributed by atoms with E-state index in [0.29, 0.717) is 11.4 Å². The lowest BCUT2D eigenvalue weighted by atomic mass is 10.1. The largest absolute Gasteiger partial charge is 0.462 e. The van der Waals surface area contributed by atoms with Crippen molar-refractivity contribution >= 4 is 23.5 Å². The molecule has 0 aliphatic rings. The molecule has 0 aliphatic carbocycles. The van der Waals surface area contributed by atoms with E-state index in [9.17, 15) is 9.59 Å². The molecule has 0 radical (unpaired) electrons. The normalized spacial score (nSPS) is 9.75. The highest BCUT2D eigenvalue weighted by molar-refractivity contribution is 6.30. The summed E-state index contributed by atoms with van der Waals surface area (Å²) in [5, 5.41) is 0.633. The van der Waals surface area contributed by atoms with Gasteiger partial charge in [-0.1, -0.05) is 29.8 Å². The molecule has 0 saturated carbocycles. The molecule has 0 amide bonds. The number of allylic oxidation sites excluding steroid dienone is 1. The Labute approximate surface area is 123 Å². The maximum Gasteiger partial charge on any atom is 0.345 e. The molecule has 0 unspecified atom stereocenters. The van der Waals surface area contributed by atoms with Gasteiger partial charge in [-0.3, -0.25) is 0 Å². The summed E-state index contributed by atoms with van der Waals surface area (Å²) in [6.45, 7) is 3.77. The molecule has 0 N–H and O–H groups in total. The summed E-state index contributed by atoms with van der Waals surface area (Å²) in [5.41, 5.74) is 0.851. The van der Waals surface area contributed by atoms with Gasteiger partial charge >= 0.3 is 11.9 Å². The second kappa shape index (κ2) is 8.38. The van der Waals surface area contributed by atoms with Crippen molar-refractivity contribution in [3.8, 4) is 0 Å². The van der Waals surface area contributed by atoms with E-state index in [4.69, 9.17) is 21.1 Å². The van der Waals surface area contributed by atoms with Crippen molar-refractivity contribution in [2.24, 2.45) is 0 Å². The fourth-order valence-corrected chi connectivity index (χ4v) is 1.63. The average molecular weight is 297 g/mol. The molecule has 0 saturated heterocycles. The highest BCUT2D eigenvalue weighted by Gasteiger charge is 2.20. The maximum atomic E-state index is 11.7. The van der Waals surface area contributed by atoms with Crippen LogP contribution in [0.5, 0.6) is 0 Å². The van der Waals surface area contributed by atoms with E-state index in [1.165, 1.54) is 6.08 Å². The monoisotopic (exact) mass is 296 g/mol. The molecule has 0 atom stereocenters. The smallest absolute Gasteiger partial charge is 0.345 e. The van der Waals surface area contributed by atoms with E-state index >= 15 is 0 Å². The van der Waals surface area contributed by atoms with Gasteiger partial charge in [0.25, 0.3) is 0 Å². The molecule has 108 valence electrons. The molecule has 0 spiro atoms. The summed E-state index contributed by atoms with van der Waals surface area (Å²) < 4.78 is 9.70.